The van der Waals surface area contributed by atoms with Crippen molar-refractivity contribution in [2.24, 2.45) is 40.4 Å². The van der Waals surface area contributed by atoms with Crippen LogP contribution in [0.5, 0.6) is 0 Å². The van der Waals surface area contributed by atoms with Crippen LogP contribution >= 0.6 is 0 Å². The Balaban J connectivity index is 1.51. The number of hydrogen-bond donors (Lipinski definition) is 1. The lowest BCUT2D eigenvalue weighted by Crippen LogP contribution is -2.61. The van der Waals surface area contributed by atoms with E-state index < -0.39 is 21.8 Å². The molecular formula is C24H31NO5S. The number of carbonyl (C=O) groups is 1. The first-order chi connectivity index (χ1) is 14.5. The van der Waals surface area contributed by atoms with Crippen molar-refractivity contribution < 1.29 is 22.1 Å². The van der Waals surface area contributed by atoms with Gasteiger partial charge in [-0.15, -0.1) is 0 Å². The second-order valence-electron chi connectivity index (χ2n) is 11.4. The number of hydrogen-bond acceptors (Lipinski definition) is 6. The largest absolute Gasteiger partial charge is 0.458 e. The maximum absolute atomic E-state index is 12.4. The molecule has 5 aliphatic carbocycles. The highest BCUT2D eigenvalue weighted by Gasteiger charge is 2.80. The fraction of sp³-hybridized carbons (Fsp3) is 0.750. The van der Waals surface area contributed by atoms with Gasteiger partial charge in [-0.05, 0) is 66.9 Å². The number of allylic oxidation sites excluding steroid dienone is 4. The van der Waals surface area contributed by atoms with Crippen molar-refractivity contribution in [1.29, 1.82) is 5.41 Å². The van der Waals surface area contributed by atoms with E-state index in [-0.39, 0.29) is 28.6 Å². The Morgan fingerprint density at radius 2 is 1.97 bits per heavy atom. The van der Waals surface area contributed by atoms with Crippen molar-refractivity contribution in [1.82, 2.24) is 0 Å². The molecule has 168 valence electrons. The fourth-order valence-electron chi connectivity index (χ4n) is 8.79. The molecule has 4 unspecified atom stereocenters. The van der Waals surface area contributed by atoms with Gasteiger partial charge in [-0.3, -0.25) is 8.98 Å². The average Bonchev–Trinajstić information content (AvgIpc) is 3.29. The molecule has 0 aromatic heterocycles. The lowest BCUT2D eigenvalue weighted by molar-refractivity contribution is -0.184. The lowest BCUT2D eigenvalue weighted by atomic mass is 9.46. The van der Waals surface area contributed by atoms with Crippen LogP contribution in [0.2, 0.25) is 0 Å². The molecule has 0 aromatic rings. The lowest BCUT2D eigenvalue weighted by Gasteiger charge is -2.60. The van der Waals surface area contributed by atoms with Crippen molar-refractivity contribution >= 4 is 21.8 Å². The quantitative estimate of drug-likeness (QED) is 0.517. The van der Waals surface area contributed by atoms with E-state index in [0.717, 1.165) is 31.1 Å². The zero-order valence-corrected chi connectivity index (χ0v) is 19.2. The highest BCUT2D eigenvalue weighted by molar-refractivity contribution is 7.86. The summed E-state index contributed by atoms with van der Waals surface area (Å²) in [5, 5.41) is 8.15. The van der Waals surface area contributed by atoms with E-state index in [2.05, 4.69) is 26.0 Å². The molecule has 4 fully saturated rings. The molecule has 7 heteroatoms. The molecule has 0 bridgehead atoms. The number of esters is 1. The smallest absolute Gasteiger partial charge is 0.306 e. The second-order valence-corrected chi connectivity index (χ2v) is 13.0. The molecule has 6 aliphatic rings. The Kier molecular flexibility index (Phi) is 3.84. The molecule has 6 nitrogen and oxygen atoms in total. The van der Waals surface area contributed by atoms with Gasteiger partial charge in [-0.1, -0.05) is 26.0 Å². The van der Waals surface area contributed by atoms with E-state index in [0.29, 0.717) is 42.7 Å². The molecule has 1 heterocycles. The first-order valence-corrected chi connectivity index (χ1v) is 13.4. The summed E-state index contributed by atoms with van der Waals surface area (Å²) in [4.78, 5) is 12.3. The second kappa shape index (κ2) is 5.90. The van der Waals surface area contributed by atoms with Crippen LogP contribution in [0.4, 0.5) is 0 Å². The maximum Gasteiger partial charge on any atom is 0.306 e. The number of rotatable bonds is 2. The first-order valence-electron chi connectivity index (χ1n) is 11.6. The van der Waals surface area contributed by atoms with Crippen molar-refractivity contribution in [3.8, 4) is 0 Å². The van der Waals surface area contributed by atoms with Gasteiger partial charge in [0.05, 0.1) is 12.4 Å². The summed E-state index contributed by atoms with van der Waals surface area (Å²) in [7, 11) is -3.65. The van der Waals surface area contributed by atoms with Gasteiger partial charge in [-0.25, -0.2) is 0 Å². The van der Waals surface area contributed by atoms with Gasteiger partial charge in [0.15, 0.2) is 0 Å². The Bertz CT molecular complexity index is 1060. The summed E-state index contributed by atoms with van der Waals surface area (Å²) < 4.78 is 36.7. The van der Waals surface area contributed by atoms with Gasteiger partial charge in [0, 0.05) is 29.4 Å². The Morgan fingerprint density at radius 3 is 2.65 bits per heavy atom. The zero-order valence-electron chi connectivity index (χ0n) is 18.4. The third kappa shape index (κ3) is 2.51. The molecule has 1 spiro atoms. The van der Waals surface area contributed by atoms with Crippen LogP contribution in [0.15, 0.2) is 23.8 Å². The topological polar surface area (TPSA) is 93.5 Å². The molecular weight excluding hydrogens is 414 g/mol. The van der Waals surface area contributed by atoms with Gasteiger partial charge >= 0.3 is 5.97 Å². The average molecular weight is 446 g/mol. The molecule has 0 radical (unpaired) electrons. The van der Waals surface area contributed by atoms with Gasteiger partial charge in [0.25, 0.3) is 10.1 Å². The van der Waals surface area contributed by atoms with E-state index in [1.807, 2.05) is 6.08 Å². The summed E-state index contributed by atoms with van der Waals surface area (Å²) in [6, 6.07) is 0. The van der Waals surface area contributed by atoms with Gasteiger partial charge in [0.1, 0.15) is 5.60 Å². The SMILES string of the molecule is C[C@]12CCC(=N)C=C1C=CC1C2[C@H](OS(C)(=O)=O)C[C@@]2(C)C1[C@@H]1C[C@@H]1C21CCC(=O)O1. The van der Waals surface area contributed by atoms with E-state index >= 15 is 0 Å². The monoisotopic (exact) mass is 445 g/mol. The molecule has 0 aromatic carbocycles. The molecule has 3 saturated carbocycles. The molecule has 9 atom stereocenters. The minimum absolute atomic E-state index is 0.0400. The van der Waals surface area contributed by atoms with Crippen LogP contribution in [0.3, 0.4) is 0 Å². The highest BCUT2D eigenvalue weighted by atomic mass is 32.2. The van der Waals surface area contributed by atoms with Gasteiger partial charge in [0.2, 0.25) is 0 Å². The Hall–Kier alpha value is -1.47. The molecule has 1 aliphatic heterocycles. The van der Waals surface area contributed by atoms with Crippen molar-refractivity contribution in [3.63, 3.8) is 0 Å². The molecule has 6 rings (SSSR count). The van der Waals surface area contributed by atoms with E-state index in [4.69, 9.17) is 14.3 Å². The van der Waals surface area contributed by atoms with Gasteiger partial charge in [-0.2, -0.15) is 8.42 Å². The summed E-state index contributed by atoms with van der Waals surface area (Å²) in [6.07, 6.45) is 11.5. The highest BCUT2D eigenvalue weighted by Crippen LogP contribution is 2.78. The Morgan fingerprint density at radius 1 is 1.19 bits per heavy atom. The van der Waals surface area contributed by atoms with E-state index in [9.17, 15) is 13.2 Å². The van der Waals surface area contributed by atoms with Crippen LogP contribution < -0.4 is 0 Å². The van der Waals surface area contributed by atoms with Crippen molar-refractivity contribution in [2.45, 2.75) is 64.1 Å². The third-order valence-corrected chi connectivity index (χ3v) is 10.5. The summed E-state index contributed by atoms with van der Waals surface area (Å²) in [5.74, 6) is 1.40. The zero-order chi connectivity index (χ0) is 22.0. The predicted octanol–water partition coefficient (Wildman–Crippen LogP) is 3.63. The van der Waals surface area contributed by atoms with E-state index in [1.54, 1.807) is 0 Å². The first kappa shape index (κ1) is 20.2. The molecule has 31 heavy (non-hydrogen) atoms. The van der Waals surface area contributed by atoms with Crippen molar-refractivity contribution in [3.05, 3.63) is 23.8 Å². The minimum atomic E-state index is -3.65. The Labute approximate surface area is 184 Å². The van der Waals surface area contributed by atoms with Crippen LogP contribution in [-0.4, -0.2) is 38.1 Å². The van der Waals surface area contributed by atoms with Crippen molar-refractivity contribution in [2.75, 3.05) is 6.26 Å². The third-order valence-electron chi connectivity index (χ3n) is 9.89. The van der Waals surface area contributed by atoms with Crippen LogP contribution in [0.25, 0.3) is 0 Å². The number of carbonyl (C=O) groups excluding carboxylic acids is 1. The minimum Gasteiger partial charge on any atom is -0.458 e. The standard InChI is InChI=1S/C24H31NO5S/c1-22-8-6-14(25)10-13(22)4-5-15-20-16-11-17(16)24(9-7-19(26)29-24)23(20,2)12-18(21(15)22)30-31(3,27)28/h4-5,10,15-18,20-21,25H,6-9,11-12H2,1-3H3/t15?,16-,17+,18-,20?,21?,22+,23+,24?/m1/s1. The fourth-order valence-corrected chi connectivity index (χ4v) is 9.42. The molecule has 1 saturated heterocycles. The van der Waals surface area contributed by atoms with Crippen LogP contribution in [-0.2, 0) is 23.8 Å². The van der Waals surface area contributed by atoms with Gasteiger partial charge < -0.3 is 10.1 Å². The summed E-state index contributed by atoms with van der Waals surface area (Å²) in [5.41, 5.74) is 0.794. The summed E-state index contributed by atoms with van der Waals surface area (Å²) >= 11 is 0. The van der Waals surface area contributed by atoms with Crippen LogP contribution in [0.1, 0.15) is 52.4 Å². The molecule has 1 N–H and O–H groups in total. The normalized spacial score (nSPS) is 52.2. The number of fused-ring (bicyclic) bond motifs is 9. The summed E-state index contributed by atoms with van der Waals surface area (Å²) in [6.45, 7) is 4.47. The number of nitrogens with one attached hydrogen (secondary N) is 1. The number of ether oxygens (including phenoxy) is 1. The predicted molar refractivity (Wildman–Crippen MR) is 115 cm³/mol. The van der Waals surface area contributed by atoms with Crippen LogP contribution in [0, 0.1) is 45.8 Å². The maximum atomic E-state index is 12.4. The van der Waals surface area contributed by atoms with E-state index in [1.165, 1.54) is 0 Å². The molecule has 0 amide bonds.